The van der Waals surface area contributed by atoms with Gasteiger partial charge in [0.15, 0.2) is 11.6 Å². The maximum absolute atomic E-state index is 6.74. The van der Waals surface area contributed by atoms with E-state index in [1.807, 2.05) is 42.5 Å². The largest absolute Gasteiger partial charge is 0.456 e. The van der Waals surface area contributed by atoms with Gasteiger partial charge in [0.25, 0.3) is 0 Å². The van der Waals surface area contributed by atoms with E-state index in [1.165, 1.54) is 0 Å². The van der Waals surface area contributed by atoms with Crippen LogP contribution in [0.1, 0.15) is 22.5 Å². The van der Waals surface area contributed by atoms with Gasteiger partial charge in [-0.25, -0.2) is 9.97 Å². The van der Waals surface area contributed by atoms with Gasteiger partial charge in [0.2, 0.25) is 5.28 Å². The van der Waals surface area contributed by atoms with Gasteiger partial charge in [-0.15, -0.1) is 0 Å². The molecule has 8 rings (SSSR count). The normalized spacial score (nSPS) is 13.5. The number of hydrogen-bond donors (Lipinski definition) is 0. The summed E-state index contributed by atoms with van der Waals surface area (Å²) in [5.74, 6) is 1.10. The van der Waals surface area contributed by atoms with Crippen molar-refractivity contribution in [1.29, 1.82) is 0 Å². The van der Waals surface area contributed by atoms with Crippen molar-refractivity contribution < 1.29 is 4.42 Å². The fourth-order valence-electron chi connectivity index (χ4n) is 6.20. The molecule has 0 saturated carbocycles. The number of aromatic nitrogens is 3. The van der Waals surface area contributed by atoms with E-state index in [4.69, 9.17) is 26.0 Å². The van der Waals surface area contributed by atoms with Gasteiger partial charge in [-0.05, 0) is 51.6 Å². The molecule has 4 nitrogen and oxygen atoms in total. The lowest BCUT2D eigenvalue weighted by Crippen LogP contribution is -2.31. The smallest absolute Gasteiger partial charge is 0.226 e. The van der Waals surface area contributed by atoms with Gasteiger partial charge in [-0.2, -0.15) is 4.98 Å². The number of para-hydroxylation sites is 1. The molecule has 5 heteroatoms. The Labute approximate surface area is 229 Å². The van der Waals surface area contributed by atoms with Crippen LogP contribution in [-0.4, -0.2) is 15.0 Å². The van der Waals surface area contributed by atoms with Gasteiger partial charge >= 0.3 is 0 Å². The van der Waals surface area contributed by atoms with Crippen LogP contribution < -0.4 is 0 Å². The Kier molecular flexibility index (Phi) is 4.76. The number of benzene rings is 5. The van der Waals surface area contributed by atoms with E-state index in [2.05, 4.69) is 83.8 Å². The van der Waals surface area contributed by atoms with Gasteiger partial charge in [-0.3, -0.25) is 0 Å². The molecule has 0 bridgehead atoms. The Hall–Kier alpha value is -4.80. The molecule has 1 aliphatic rings. The standard InChI is InChI=1S/C34H20ClN3O/c35-33-37-31(25-16-10-20-29-30(25)24-15-6-9-19-28(24)39-29)36-32(38-33)34(21-11-2-1-3-12-21)26-17-7-4-13-22(26)23-14-5-8-18-27(23)34/h1-20H. The Morgan fingerprint density at radius 1 is 0.538 bits per heavy atom. The lowest BCUT2D eigenvalue weighted by molar-refractivity contribution is 0.669. The van der Waals surface area contributed by atoms with Crippen molar-refractivity contribution in [2.45, 2.75) is 5.41 Å². The molecular weight excluding hydrogens is 502 g/mol. The van der Waals surface area contributed by atoms with E-state index in [0.29, 0.717) is 11.6 Å². The Balaban J connectivity index is 1.48. The fraction of sp³-hybridized carbons (Fsp3) is 0.0294. The number of nitrogens with zero attached hydrogens (tertiary/aromatic N) is 3. The lowest BCUT2D eigenvalue weighted by Gasteiger charge is -2.31. The third-order valence-electron chi connectivity index (χ3n) is 7.75. The van der Waals surface area contributed by atoms with Crippen molar-refractivity contribution in [3.05, 3.63) is 149 Å². The summed E-state index contributed by atoms with van der Waals surface area (Å²) in [4.78, 5) is 14.7. The van der Waals surface area contributed by atoms with Crippen molar-refractivity contribution in [3.8, 4) is 22.5 Å². The van der Waals surface area contributed by atoms with Crippen molar-refractivity contribution in [3.63, 3.8) is 0 Å². The van der Waals surface area contributed by atoms with Crippen molar-refractivity contribution in [1.82, 2.24) is 15.0 Å². The number of rotatable bonds is 3. The molecule has 0 fully saturated rings. The minimum absolute atomic E-state index is 0.150. The van der Waals surface area contributed by atoms with Crippen LogP contribution in [0.15, 0.2) is 126 Å². The number of hydrogen-bond acceptors (Lipinski definition) is 4. The zero-order valence-corrected chi connectivity index (χ0v) is 21.4. The molecule has 7 aromatic rings. The van der Waals surface area contributed by atoms with Crippen LogP contribution in [0.5, 0.6) is 0 Å². The van der Waals surface area contributed by atoms with E-state index < -0.39 is 5.41 Å². The highest BCUT2D eigenvalue weighted by atomic mass is 35.5. The summed E-state index contributed by atoms with van der Waals surface area (Å²) in [6.45, 7) is 0. The highest BCUT2D eigenvalue weighted by Gasteiger charge is 2.48. The highest BCUT2D eigenvalue weighted by Crippen LogP contribution is 2.55. The molecule has 184 valence electrons. The van der Waals surface area contributed by atoms with Gasteiger partial charge in [0, 0.05) is 16.3 Å². The minimum Gasteiger partial charge on any atom is -0.456 e. The van der Waals surface area contributed by atoms with Gasteiger partial charge in [0.1, 0.15) is 16.6 Å². The monoisotopic (exact) mass is 521 g/mol. The average molecular weight is 522 g/mol. The first-order chi connectivity index (χ1) is 19.2. The zero-order chi connectivity index (χ0) is 26.0. The first-order valence-corrected chi connectivity index (χ1v) is 13.2. The molecule has 1 aliphatic carbocycles. The van der Waals surface area contributed by atoms with Crippen LogP contribution in [0.4, 0.5) is 0 Å². The van der Waals surface area contributed by atoms with Crippen LogP contribution in [0.25, 0.3) is 44.5 Å². The predicted octanol–water partition coefficient (Wildman–Crippen LogP) is 8.45. The van der Waals surface area contributed by atoms with Gasteiger partial charge < -0.3 is 4.42 Å². The summed E-state index contributed by atoms with van der Waals surface area (Å²) < 4.78 is 6.15. The summed E-state index contributed by atoms with van der Waals surface area (Å²) in [5, 5.41) is 2.12. The van der Waals surface area contributed by atoms with Gasteiger partial charge in [0.05, 0.1) is 0 Å². The van der Waals surface area contributed by atoms with Crippen LogP contribution in [0.3, 0.4) is 0 Å². The molecule has 0 spiro atoms. The first kappa shape index (κ1) is 22.2. The summed E-state index contributed by atoms with van der Waals surface area (Å²) in [6.07, 6.45) is 0. The third kappa shape index (κ3) is 3.09. The molecule has 0 radical (unpaired) electrons. The van der Waals surface area contributed by atoms with Crippen LogP contribution in [0.2, 0.25) is 5.28 Å². The van der Waals surface area contributed by atoms with Crippen molar-refractivity contribution >= 4 is 33.5 Å². The molecule has 5 aromatic carbocycles. The summed E-state index contributed by atoms with van der Waals surface area (Å²) in [6, 6.07) is 41.4. The van der Waals surface area contributed by atoms with E-state index in [9.17, 15) is 0 Å². The van der Waals surface area contributed by atoms with Crippen molar-refractivity contribution in [2.24, 2.45) is 0 Å². The molecule has 0 unspecified atom stereocenters. The minimum atomic E-state index is -0.762. The molecule has 0 saturated heterocycles. The maximum Gasteiger partial charge on any atom is 0.226 e. The van der Waals surface area contributed by atoms with Crippen LogP contribution in [0, 0.1) is 0 Å². The second-order valence-corrected chi connectivity index (χ2v) is 10.1. The molecule has 0 N–H and O–H groups in total. The topological polar surface area (TPSA) is 51.8 Å². The molecular formula is C34H20ClN3O. The van der Waals surface area contributed by atoms with E-state index >= 15 is 0 Å². The van der Waals surface area contributed by atoms with Gasteiger partial charge in [-0.1, -0.05) is 109 Å². The molecule has 2 aromatic heterocycles. The second-order valence-electron chi connectivity index (χ2n) is 9.74. The Morgan fingerprint density at radius 2 is 1.15 bits per heavy atom. The number of fused-ring (bicyclic) bond motifs is 6. The lowest BCUT2D eigenvalue weighted by atomic mass is 9.71. The molecule has 0 amide bonds. The third-order valence-corrected chi connectivity index (χ3v) is 7.92. The molecule has 0 atom stereocenters. The average Bonchev–Trinajstić information content (AvgIpc) is 3.52. The summed E-state index contributed by atoms with van der Waals surface area (Å²) in [5.41, 5.74) is 7.34. The molecule has 39 heavy (non-hydrogen) atoms. The van der Waals surface area contributed by atoms with E-state index in [1.54, 1.807) is 0 Å². The predicted molar refractivity (Wildman–Crippen MR) is 155 cm³/mol. The highest BCUT2D eigenvalue weighted by molar-refractivity contribution is 6.28. The SMILES string of the molecule is Clc1nc(-c2cccc3oc4ccccc4c23)nc(C2(c3ccccc3)c3ccccc3-c3ccccc32)n1. The first-order valence-electron chi connectivity index (χ1n) is 12.8. The van der Waals surface area contributed by atoms with E-state index in [0.717, 1.165) is 55.3 Å². The Morgan fingerprint density at radius 3 is 1.92 bits per heavy atom. The quantitative estimate of drug-likeness (QED) is 0.234. The van der Waals surface area contributed by atoms with Crippen LogP contribution in [-0.2, 0) is 5.41 Å². The maximum atomic E-state index is 6.74. The zero-order valence-electron chi connectivity index (χ0n) is 20.7. The summed E-state index contributed by atoms with van der Waals surface area (Å²) >= 11 is 6.74. The molecule has 2 heterocycles. The van der Waals surface area contributed by atoms with Crippen LogP contribution >= 0.6 is 11.6 Å². The van der Waals surface area contributed by atoms with Crippen molar-refractivity contribution in [2.75, 3.05) is 0 Å². The number of halogens is 1. The molecule has 0 aliphatic heterocycles. The Bertz CT molecular complexity index is 2000. The second kappa shape index (κ2) is 8.35. The van der Waals surface area contributed by atoms with E-state index in [-0.39, 0.29) is 5.28 Å². The summed E-state index contributed by atoms with van der Waals surface area (Å²) in [7, 11) is 0. The number of furan rings is 1. The fourth-order valence-corrected chi connectivity index (χ4v) is 6.36.